The molecule has 0 amide bonds. The van der Waals surface area contributed by atoms with Gasteiger partial charge >= 0.3 is 0 Å². The predicted octanol–water partition coefficient (Wildman–Crippen LogP) is 2.47. The van der Waals surface area contributed by atoms with Gasteiger partial charge in [-0.1, -0.05) is 0 Å². The number of rotatable bonds is 5. The third-order valence-electron chi connectivity index (χ3n) is 3.63. The number of ether oxygens (including phenoxy) is 1. The zero-order valence-corrected chi connectivity index (χ0v) is 13.1. The van der Waals surface area contributed by atoms with Crippen molar-refractivity contribution in [2.45, 2.75) is 12.5 Å². The van der Waals surface area contributed by atoms with Crippen molar-refractivity contribution < 1.29 is 14.2 Å². The molecule has 1 atom stereocenters. The van der Waals surface area contributed by atoms with Gasteiger partial charge < -0.3 is 15.2 Å². The minimum absolute atomic E-state index is 0.00731. The fraction of sp³-hybridized carbons (Fsp3) is 0.571. The van der Waals surface area contributed by atoms with E-state index in [1.165, 1.54) is 7.11 Å². The first-order chi connectivity index (χ1) is 9.67. The Labute approximate surface area is 127 Å². The monoisotopic (exact) mass is 346 g/mol. The van der Waals surface area contributed by atoms with Crippen molar-refractivity contribution in [3.63, 3.8) is 0 Å². The summed E-state index contributed by atoms with van der Waals surface area (Å²) < 4.78 is 18.7. The van der Waals surface area contributed by atoms with Crippen LogP contribution in [-0.2, 0) is 0 Å². The highest BCUT2D eigenvalue weighted by Gasteiger charge is 2.23. The lowest BCUT2D eigenvalue weighted by atomic mass is 10.0. The van der Waals surface area contributed by atoms with Gasteiger partial charge in [0.15, 0.2) is 11.5 Å². The molecule has 0 spiro atoms. The maximum absolute atomic E-state index is 12.9. The molecule has 0 aliphatic carbocycles. The van der Waals surface area contributed by atoms with Crippen LogP contribution < -0.4 is 10.1 Å². The lowest BCUT2D eigenvalue weighted by Gasteiger charge is -2.35. The number of alkyl halides is 1. The van der Waals surface area contributed by atoms with Gasteiger partial charge in [0.05, 0.1) is 18.3 Å². The molecule has 1 heterocycles. The summed E-state index contributed by atoms with van der Waals surface area (Å²) >= 11 is 3.33. The molecule has 0 saturated carbocycles. The van der Waals surface area contributed by atoms with Crippen LogP contribution in [0.25, 0.3) is 0 Å². The van der Waals surface area contributed by atoms with Crippen molar-refractivity contribution in [3.05, 3.63) is 22.2 Å². The number of phenolic OH excluding ortho intramolecular Hbond substituents is 1. The van der Waals surface area contributed by atoms with Crippen LogP contribution in [0.3, 0.4) is 0 Å². The Hall–Kier alpha value is -0.850. The number of benzene rings is 1. The molecule has 1 saturated heterocycles. The Morgan fingerprint density at radius 3 is 2.75 bits per heavy atom. The van der Waals surface area contributed by atoms with Gasteiger partial charge in [0.2, 0.25) is 0 Å². The van der Waals surface area contributed by atoms with Crippen LogP contribution in [0.1, 0.15) is 18.0 Å². The molecule has 1 aliphatic rings. The smallest absolute Gasteiger partial charge is 0.172 e. The number of piperazine rings is 1. The summed E-state index contributed by atoms with van der Waals surface area (Å²) in [5, 5.41) is 13.2. The molecule has 0 radical (unpaired) electrons. The molecule has 0 bridgehead atoms. The van der Waals surface area contributed by atoms with Crippen LogP contribution in [-0.4, -0.2) is 50.0 Å². The van der Waals surface area contributed by atoms with Gasteiger partial charge in [-0.25, -0.2) is 0 Å². The minimum atomic E-state index is -0.366. The van der Waals surface area contributed by atoms with Gasteiger partial charge in [0.25, 0.3) is 0 Å². The molecule has 4 nitrogen and oxygen atoms in total. The number of methoxy groups -OCH3 is 1. The van der Waals surface area contributed by atoms with E-state index in [-0.39, 0.29) is 18.5 Å². The maximum atomic E-state index is 12.9. The zero-order valence-electron chi connectivity index (χ0n) is 11.5. The van der Waals surface area contributed by atoms with Gasteiger partial charge in [-0.3, -0.25) is 9.29 Å². The maximum Gasteiger partial charge on any atom is 0.172 e. The van der Waals surface area contributed by atoms with E-state index < -0.39 is 0 Å². The highest BCUT2D eigenvalue weighted by Crippen LogP contribution is 2.38. The van der Waals surface area contributed by atoms with Crippen molar-refractivity contribution in [1.29, 1.82) is 0 Å². The van der Waals surface area contributed by atoms with Crippen LogP contribution in [0, 0.1) is 0 Å². The van der Waals surface area contributed by atoms with E-state index in [9.17, 15) is 9.50 Å². The SMILES string of the molecule is COc1cc([C@H](CCF)N2CCNCC2)cc(Br)c1O. The van der Waals surface area contributed by atoms with E-state index >= 15 is 0 Å². The quantitative estimate of drug-likeness (QED) is 0.859. The van der Waals surface area contributed by atoms with E-state index in [4.69, 9.17) is 4.74 Å². The number of aromatic hydroxyl groups is 1. The third kappa shape index (κ3) is 3.42. The van der Waals surface area contributed by atoms with Crippen molar-refractivity contribution in [2.24, 2.45) is 0 Å². The summed E-state index contributed by atoms with van der Waals surface area (Å²) in [5.41, 5.74) is 0.964. The fourth-order valence-corrected chi connectivity index (χ4v) is 3.06. The first kappa shape index (κ1) is 15.5. The summed E-state index contributed by atoms with van der Waals surface area (Å²) in [7, 11) is 1.51. The average Bonchev–Trinajstić information content (AvgIpc) is 2.48. The second-order valence-electron chi connectivity index (χ2n) is 4.83. The molecule has 1 aromatic carbocycles. The third-order valence-corrected chi connectivity index (χ3v) is 4.23. The van der Waals surface area contributed by atoms with Crippen LogP contribution in [0.5, 0.6) is 11.5 Å². The summed E-state index contributed by atoms with van der Waals surface area (Å²) in [6, 6.07) is 3.65. The molecule has 20 heavy (non-hydrogen) atoms. The molecule has 1 aromatic rings. The molecular weight excluding hydrogens is 327 g/mol. The predicted molar refractivity (Wildman–Crippen MR) is 80.1 cm³/mol. The summed E-state index contributed by atoms with van der Waals surface area (Å²) in [6.07, 6.45) is 0.445. The lowest BCUT2D eigenvalue weighted by Crippen LogP contribution is -2.45. The average molecular weight is 347 g/mol. The Kier molecular flexibility index (Phi) is 5.63. The highest BCUT2D eigenvalue weighted by molar-refractivity contribution is 9.10. The van der Waals surface area contributed by atoms with Crippen molar-refractivity contribution in [1.82, 2.24) is 10.2 Å². The van der Waals surface area contributed by atoms with Crippen LogP contribution >= 0.6 is 15.9 Å². The minimum Gasteiger partial charge on any atom is -0.503 e. The number of halogens is 2. The van der Waals surface area contributed by atoms with E-state index in [2.05, 4.69) is 26.1 Å². The van der Waals surface area contributed by atoms with Gasteiger partial charge in [-0.15, -0.1) is 0 Å². The number of hydrogen-bond acceptors (Lipinski definition) is 4. The van der Waals surface area contributed by atoms with Crippen LogP contribution in [0.4, 0.5) is 4.39 Å². The molecule has 1 fully saturated rings. The lowest BCUT2D eigenvalue weighted by molar-refractivity contribution is 0.157. The highest BCUT2D eigenvalue weighted by atomic mass is 79.9. The summed E-state index contributed by atoms with van der Waals surface area (Å²) in [5.74, 6) is 0.490. The summed E-state index contributed by atoms with van der Waals surface area (Å²) in [6.45, 7) is 3.25. The largest absolute Gasteiger partial charge is 0.503 e. The molecule has 0 aromatic heterocycles. The molecule has 2 rings (SSSR count). The second-order valence-corrected chi connectivity index (χ2v) is 5.69. The van der Waals surface area contributed by atoms with E-state index in [0.717, 1.165) is 31.7 Å². The van der Waals surface area contributed by atoms with Crippen LogP contribution in [0.15, 0.2) is 16.6 Å². The number of phenols is 1. The standard InChI is InChI=1S/C14H20BrFN2O2/c1-20-13-9-10(8-11(15)14(13)19)12(2-3-16)18-6-4-17-5-7-18/h8-9,12,17,19H,2-7H2,1H3/t12-/m0/s1. The molecular formula is C14H20BrFN2O2. The van der Waals surface area contributed by atoms with E-state index in [1.54, 1.807) is 6.07 Å². The Morgan fingerprint density at radius 2 is 2.15 bits per heavy atom. The molecule has 1 aliphatic heterocycles. The second kappa shape index (κ2) is 7.24. The van der Waals surface area contributed by atoms with Gasteiger partial charge in [-0.2, -0.15) is 0 Å². The normalized spacial score (nSPS) is 17.9. The van der Waals surface area contributed by atoms with Crippen LogP contribution in [0.2, 0.25) is 0 Å². The summed E-state index contributed by atoms with van der Waals surface area (Å²) in [4.78, 5) is 2.27. The number of nitrogens with one attached hydrogen (secondary N) is 1. The van der Waals surface area contributed by atoms with Crippen molar-refractivity contribution in [3.8, 4) is 11.5 Å². The topological polar surface area (TPSA) is 44.7 Å². The van der Waals surface area contributed by atoms with Crippen molar-refractivity contribution >= 4 is 15.9 Å². The Bertz CT molecular complexity index is 453. The zero-order chi connectivity index (χ0) is 14.5. The van der Waals surface area contributed by atoms with E-state index in [0.29, 0.717) is 16.6 Å². The fourth-order valence-electron chi connectivity index (χ4n) is 2.60. The Morgan fingerprint density at radius 1 is 1.45 bits per heavy atom. The first-order valence-electron chi connectivity index (χ1n) is 6.74. The van der Waals surface area contributed by atoms with Gasteiger partial charge in [-0.05, 0) is 40.0 Å². The van der Waals surface area contributed by atoms with Gasteiger partial charge in [0.1, 0.15) is 0 Å². The number of nitrogens with zero attached hydrogens (tertiary/aromatic N) is 1. The molecule has 6 heteroatoms. The molecule has 112 valence electrons. The molecule has 2 N–H and O–H groups in total. The first-order valence-corrected chi connectivity index (χ1v) is 7.53. The van der Waals surface area contributed by atoms with Crippen molar-refractivity contribution in [2.75, 3.05) is 40.0 Å². The number of hydrogen-bond donors (Lipinski definition) is 2. The molecule has 0 unspecified atom stereocenters. The Balaban J connectivity index is 2.30. The van der Waals surface area contributed by atoms with Gasteiger partial charge in [0, 0.05) is 32.2 Å². The van der Waals surface area contributed by atoms with E-state index in [1.807, 2.05) is 6.07 Å².